The Labute approximate surface area is 201 Å². The van der Waals surface area contributed by atoms with Crippen molar-refractivity contribution in [1.29, 1.82) is 0 Å². The lowest BCUT2D eigenvalue weighted by atomic mass is 10.0. The van der Waals surface area contributed by atoms with E-state index in [1.54, 1.807) is 23.9 Å². The first kappa shape index (κ1) is 23.9. The van der Waals surface area contributed by atoms with Gasteiger partial charge in [-0.25, -0.2) is 0 Å². The Balaban J connectivity index is 1.09. The molecule has 3 aliphatic rings. The van der Waals surface area contributed by atoms with E-state index in [2.05, 4.69) is 20.0 Å². The molecule has 0 aliphatic carbocycles. The summed E-state index contributed by atoms with van der Waals surface area (Å²) in [5, 5.41) is 9.51. The summed E-state index contributed by atoms with van der Waals surface area (Å²) in [6, 6.07) is 5.99. The van der Waals surface area contributed by atoms with Crippen molar-refractivity contribution in [2.75, 3.05) is 56.7 Å². The number of rotatable bonds is 7. The van der Waals surface area contributed by atoms with Crippen LogP contribution in [0.3, 0.4) is 0 Å². The average molecular weight is 498 g/mol. The first-order chi connectivity index (χ1) is 16.4. The van der Waals surface area contributed by atoms with Crippen LogP contribution in [-0.2, 0) is 22.7 Å². The van der Waals surface area contributed by atoms with Crippen LogP contribution >= 0.6 is 11.8 Å². The lowest BCUT2D eigenvalue weighted by molar-refractivity contribution is -0.137. The molecule has 2 aromatic rings. The van der Waals surface area contributed by atoms with Crippen molar-refractivity contribution in [3.8, 4) is 0 Å². The summed E-state index contributed by atoms with van der Waals surface area (Å²) in [6.45, 7) is 5.64. The average Bonchev–Trinajstić information content (AvgIpc) is 3.51. The minimum Gasteiger partial charge on any atom is -0.376 e. The number of aromatic nitrogens is 3. The van der Waals surface area contributed by atoms with Crippen LogP contribution in [0.25, 0.3) is 0 Å². The van der Waals surface area contributed by atoms with Crippen molar-refractivity contribution in [2.45, 2.75) is 36.3 Å². The lowest BCUT2D eigenvalue weighted by Gasteiger charge is -2.27. The predicted molar refractivity (Wildman–Crippen MR) is 123 cm³/mol. The molecule has 0 N–H and O–H groups in total. The van der Waals surface area contributed by atoms with Gasteiger partial charge in [0.05, 0.1) is 25.4 Å². The van der Waals surface area contributed by atoms with Crippen LogP contribution in [0.1, 0.15) is 30.3 Å². The fraction of sp³-hybridized carbons (Fsp3) is 0.652. The molecular formula is C23H30F3N5O2S. The first-order valence-electron chi connectivity index (χ1n) is 11.8. The fourth-order valence-corrected chi connectivity index (χ4v) is 6.06. The Kier molecular flexibility index (Phi) is 7.06. The largest absolute Gasteiger partial charge is 0.416 e. The Hall–Kier alpha value is -1.82. The molecule has 1 aromatic carbocycles. The van der Waals surface area contributed by atoms with Crippen molar-refractivity contribution >= 4 is 17.4 Å². The van der Waals surface area contributed by atoms with Gasteiger partial charge in [-0.05, 0) is 49.6 Å². The lowest BCUT2D eigenvalue weighted by Crippen LogP contribution is -2.35. The highest BCUT2D eigenvalue weighted by atomic mass is 32.2. The number of ether oxygens (including phenoxy) is 2. The van der Waals surface area contributed by atoms with Crippen molar-refractivity contribution in [3.63, 3.8) is 0 Å². The number of nitrogens with zero attached hydrogens (tertiary/aromatic N) is 5. The number of fused-ring (bicyclic) bond motifs is 1. The standard InChI is InChI=1S/C23H30F3N5O2S/c1-29-21(20-15-32-10-11-33-20)27-28-22(29)34-12-2-8-30-13-16-7-9-31(19(16)14-30)18-5-3-17(4-6-18)23(24,25)26/h3-6,16,19-20H,2,7-15H2,1H3/t16?,19?,20-/m1/s1. The van der Waals surface area contributed by atoms with Crippen molar-refractivity contribution in [1.82, 2.24) is 19.7 Å². The summed E-state index contributed by atoms with van der Waals surface area (Å²) in [6.07, 6.45) is -2.32. The highest BCUT2D eigenvalue weighted by molar-refractivity contribution is 7.99. The van der Waals surface area contributed by atoms with E-state index in [-0.39, 0.29) is 6.10 Å². The van der Waals surface area contributed by atoms with Gasteiger partial charge in [-0.3, -0.25) is 0 Å². The van der Waals surface area contributed by atoms with Gasteiger partial charge in [-0.2, -0.15) is 13.2 Å². The van der Waals surface area contributed by atoms with Gasteiger partial charge in [0.2, 0.25) is 0 Å². The molecule has 1 aromatic heterocycles. The maximum atomic E-state index is 12.9. The van der Waals surface area contributed by atoms with Crippen LogP contribution in [0.5, 0.6) is 0 Å². The van der Waals surface area contributed by atoms with E-state index in [0.29, 0.717) is 31.8 Å². The Morgan fingerprint density at radius 1 is 1.12 bits per heavy atom. The van der Waals surface area contributed by atoms with Gasteiger partial charge >= 0.3 is 6.18 Å². The van der Waals surface area contributed by atoms with Crippen LogP contribution in [0, 0.1) is 5.92 Å². The molecular weight excluding hydrogens is 467 g/mol. The van der Waals surface area contributed by atoms with Gasteiger partial charge in [0.15, 0.2) is 11.0 Å². The van der Waals surface area contributed by atoms with Gasteiger partial charge in [-0.15, -0.1) is 10.2 Å². The molecule has 11 heteroatoms. The normalized spacial score (nSPS) is 25.8. The number of hydrogen-bond donors (Lipinski definition) is 0. The zero-order valence-electron chi connectivity index (χ0n) is 19.2. The second-order valence-electron chi connectivity index (χ2n) is 9.15. The molecule has 5 rings (SSSR count). The van der Waals surface area contributed by atoms with Gasteiger partial charge in [0.1, 0.15) is 6.10 Å². The minimum absolute atomic E-state index is 0.155. The van der Waals surface area contributed by atoms with Crippen LogP contribution in [0.15, 0.2) is 29.4 Å². The summed E-state index contributed by atoms with van der Waals surface area (Å²) in [4.78, 5) is 4.78. The Morgan fingerprint density at radius 2 is 1.94 bits per heavy atom. The molecule has 3 atom stereocenters. The monoisotopic (exact) mass is 497 g/mol. The molecule has 7 nitrogen and oxygen atoms in total. The van der Waals surface area contributed by atoms with E-state index >= 15 is 0 Å². The summed E-state index contributed by atoms with van der Waals surface area (Å²) in [5.41, 5.74) is 0.301. The zero-order chi connectivity index (χ0) is 23.7. The molecule has 0 spiro atoms. The third-order valence-electron chi connectivity index (χ3n) is 6.97. The molecule has 0 radical (unpaired) electrons. The fourth-order valence-electron chi connectivity index (χ4n) is 5.21. The highest BCUT2D eigenvalue weighted by Crippen LogP contribution is 2.37. The van der Waals surface area contributed by atoms with Crippen LogP contribution in [-0.4, -0.2) is 77.5 Å². The van der Waals surface area contributed by atoms with Crippen LogP contribution in [0.2, 0.25) is 0 Å². The summed E-state index contributed by atoms with van der Waals surface area (Å²) in [7, 11) is 1.97. The quantitative estimate of drug-likeness (QED) is 0.428. The molecule has 186 valence electrons. The first-order valence-corrected chi connectivity index (χ1v) is 12.8. The summed E-state index contributed by atoms with van der Waals surface area (Å²) >= 11 is 1.70. The van der Waals surface area contributed by atoms with Gasteiger partial charge in [0.25, 0.3) is 0 Å². The molecule has 0 amide bonds. The van der Waals surface area contributed by atoms with Crippen LogP contribution in [0.4, 0.5) is 18.9 Å². The van der Waals surface area contributed by atoms with Gasteiger partial charge in [-0.1, -0.05) is 11.8 Å². The minimum atomic E-state index is -4.29. The number of thioether (sulfide) groups is 1. The molecule has 2 unspecified atom stereocenters. The predicted octanol–water partition coefficient (Wildman–Crippen LogP) is 3.61. The molecule has 3 fully saturated rings. The third kappa shape index (κ3) is 5.07. The molecule has 3 saturated heterocycles. The maximum Gasteiger partial charge on any atom is 0.416 e. The van der Waals surface area contributed by atoms with Gasteiger partial charge < -0.3 is 23.8 Å². The maximum absolute atomic E-state index is 12.9. The second kappa shape index (κ2) is 10.0. The summed E-state index contributed by atoms with van der Waals surface area (Å²) < 4.78 is 51.9. The number of halogens is 3. The molecule has 34 heavy (non-hydrogen) atoms. The topological polar surface area (TPSA) is 55.7 Å². The van der Waals surface area contributed by atoms with Crippen molar-refractivity contribution in [3.05, 3.63) is 35.7 Å². The Bertz CT molecular complexity index is 965. The number of hydrogen-bond acceptors (Lipinski definition) is 7. The van der Waals surface area contributed by atoms with E-state index in [1.807, 2.05) is 11.6 Å². The zero-order valence-corrected chi connectivity index (χ0v) is 20.0. The number of anilines is 1. The molecule has 0 bridgehead atoms. The van der Waals surface area contributed by atoms with Crippen molar-refractivity contribution < 1.29 is 22.6 Å². The number of alkyl halides is 3. The third-order valence-corrected chi connectivity index (χ3v) is 8.08. The van der Waals surface area contributed by atoms with E-state index in [1.165, 1.54) is 12.1 Å². The molecule has 0 saturated carbocycles. The number of likely N-dealkylation sites (tertiary alicyclic amines) is 1. The molecule has 3 aliphatic heterocycles. The highest BCUT2D eigenvalue weighted by Gasteiger charge is 2.41. The van der Waals surface area contributed by atoms with E-state index in [0.717, 1.165) is 61.4 Å². The second-order valence-corrected chi connectivity index (χ2v) is 10.2. The van der Waals surface area contributed by atoms with Crippen LogP contribution < -0.4 is 4.90 Å². The van der Waals surface area contributed by atoms with E-state index in [4.69, 9.17) is 9.47 Å². The smallest absolute Gasteiger partial charge is 0.376 e. The Morgan fingerprint density at radius 3 is 2.68 bits per heavy atom. The number of benzene rings is 1. The summed E-state index contributed by atoms with van der Waals surface area (Å²) in [5.74, 6) is 2.33. The van der Waals surface area contributed by atoms with E-state index in [9.17, 15) is 13.2 Å². The van der Waals surface area contributed by atoms with E-state index < -0.39 is 11.7 Å². The molecule has 4 heterocycles. The van der Waals surface area contributed by atoms with Crippen molar-refractivity contribution in [2.24, 2.45) is 13.0 Å². The van der Waals surface area contributed by atoms with Gasteiger partial charge in [0, 0.05) is 44.2 Å². The SMILES string of the molecule is Cn1c(SCCCN2CC3CCN(c4ccc(C(F)(F)F)cc4)C3C2)nnc1[C@H]1COCCO1.